The first-order chi connectivity index (χ1) is 8.31. The largest absolute Gasteiger partial charge is 0.342 e. The predicted molar refractivity (Wildman–Crippen MR) is 69.9 cm³/mol. The van der Waals surface area contributed by atoms with Crippen LogP contribution >= 0.6 is 0 Å². The van der Waals surface area contributed by atoms with Gasteiger partial charge in [0.15, 0.2) is 0 Å². The minimum Gasteiger partial charge on any atom is -0.342 e. The number of nitrogens with zero attached hydrogens (tertiary/aromatic N) is 1. The second kappa shape index (κ2) is 5.85. The Labute approximate surface area is 104 Å². The normalized spacial score (nSPS) is 19.9. The molecule has 0 radical (unpaired) electrons. The molecule has 0 spiro atoms. The lowest BCUT2D eigenvalue weighted by Gasteiger charge is -2.16. The fourth-order valence-corrected chi connectivity index (χ4v) is 2.49. The van der Waals surface area contributed by atoms with Crippen molar-refractivity contribution in [2.75, 3.05) is 13.1 Å². The molecule has 0 saturated carbocycles. The van der Waals surface area contributed by atoms with Gasteiger partial charge in [0.25, 0.3) is 0 Å². The number of carbonyl (C=O) groups is 1. The number of likely N-dealkylation sites (tertiary alicyclic amines) is 1. The van der Waals surface area contributed by atoms with Crippen molar-refractivity contribution in [2.45, 2.75) is 38.5 Å². The van der Waals surface area contributed by atoms with Crippen LogP contribution in [-0.4, -0.2) is 23.9 Å². The Kier molecular flexibility index (Phi) is 4.18. The maximum atomic E-state index is 11.9. The van der Waals surface area contributed by atoms with Gasteiger partial charge in [0.2, 0.25) is 5.91 Å². The molecule has 2 heteroatoms. The number of unbranched alkanes of at least 4 members (excludes halogenated alkanes) is 2. The second-order valence-electron chi connectivity index (χ2n) is 4.86. The molecule has 1 aliphatic heterocycles. The quantitative estimate of drug-likeness (QED) is 0.713. The van der Waals surface area contributed by atoms with Crippen LogP contribution in [0.25, 0.3) is 0 Å². The summed E-state index contributed by atoms with van der Waals surface area (Å²) in [5, 5.41) is 0. The van der Waals surface area contributed by atoms with Crippen molar-refractivity contribution >= 4 is 5.91 Å². The fourth-order valence-electron chi connectivity index (χ4n) is 2.49. The molecule has 17 heavy (non-hydrogen) atoms. The maximum Gasteiger partial charge on any atom is 0.223 e. The van der Waals surface area contributed by atoms with E-state index in [4.69, 9.17) is 0 Å². The zero-order valence-electron chi connectivity index (χ0n) is 10.6. The molecule has 1 atom stereocenters. The minimum absolute atomic E-state index is 0.329. The van der Waals surface area contributed by atoms with Gasteiger partial charge < -0.3 is 4.90 Å². The number of carbonyl (C=O) groups excluding carboxylic acids is 1. The summed E-state index contributed by atoms with van der Waals surface area (Å²) in [4.78, 5) is 13.9. The molecular formula is C15H21NO. The molecule has 1 heterocycles. The van der Waals surface area contributed by atoms with Crippen molar-refractivity contribution in [1.82, 2.24) is 4.90 Å². The van der Waals surface area contributed by atoms with Gasteiger partial charge in [0.05, 0.1) is 0 Å². The highest BCUT2D eigenvalue weighted by atomic mass is 16.2. The Morgan fingerprint density at radius 1 is 1.24 bits per heavy atom. The molecule has 1 fully saturated rings. The summed E-state index contributed by atoms with van der Waals surface area (Å²) in [6.45, 7) is 4.04. The molecule has 1 aromatic carbocycles. The van der Waals surface area contributed by atoms with Crippen LogP contribution in [0.2, 0.25) is 0 Å². The third kappa shape index (κ3) is 3.09. The SMILES string of the molecule is CCCCCN1CC(c2ccccc2)CC1=O. The van der Waals surface area contributed by atoms with Crippen molar-refractivity contribution in [3.05, 3.63) is 35.9 Å². The van der Waals surface area contributed by atoms with E-state index in [1.807, 2.05) is 11.0 Å². The van der Waals surface area contributed by atoms with Gasteiger partial charge >= 0.3 is 0 Å². The predicted octanol–water partition coefficient (Wildman–Crippen LogP) is 3.19. The summed E-state index contributed by atoms with van der Waals surface area (Å²) in [7, 11) is 0. The lowest BCUT2D eigenvalue weighted by atomic mass is 9.99. The van der Waals surface area contributed by atoms with E-state index >= 15 is 0 Å². The summed E-state index contributed by atoms with van der Waals surface area (Å²) in [6, 6.07) is 10.4. The minimum atomic E-state index is 0.329. The average molecular weight is 231 g/mol. The number of hydrogen-bond acceptors (Lipinski definition) is 1. The van der Waals surface area contributed by atoms with Crippen molar-refractivity contribution in [1.29, 1.82) is 0 Å². The zero-order valence-corrected chi connectivity index (χ0v) is 10.6. The lowest BCUT2D eigenvalue weighted by molar-refractivity contribution is -0.127. The maximum absolute atomic E-state index is 11.9. The van der Waals surface area contributed by atoms with E-state index in [-0.39, 0.29) is 0 Å². The molecule has 92 valence electrons. The summed E-state index contributed by atoms with van der Waals surface area (Å²) in [6.07, 6.45) is 4.27. The lowest BCUT2D eigenvalue weighted by Crippen LogP contribution is -2.26. The van der Waals surface area contributed by atoms with Crippen LogP contribution in [0, 0.1) is 0 Å². The smallest absolute Gasteiger partial charge is 0.223 e. The summed E-state index contributed by atoms with van der Waals surface area (Å²) >= 11 is 0. The van der Waals surface area contributed by atoms with Crippen LogP contribution in [0.4, 0.5) is 0 Å². The first-order valence-electron chi connectivity index (χ1n) is 6.64. The van der Waals surface area contributed by atoms with Gasteiger partial charge in [-0.2, -0.15) is 0 Å². The van der Waals surface area contributed by atoms with E-state index in [0.29, 0.717) is 18.2 Å². The van der Waals surface area contributed by atoms with E-state index in [1.165, 1.54) is 18.4 Å². The molecule has 1 unspecified atom stereocenters. The fraction of sp³-hybridized carbons (Fsp3) is 0.533. The van der Waals surface area contributed by atoms with E-state index in [1.54, 1.807) is 0 Å². The number of amides is 1. The Bertz CT molecular complexity index is 360. The highest BCUT2D eigenvalue weighted by Crippen LogP contribution is 2.27. The zero-order chi connectivity index (χ0) is 12.1. The van der Waals surface area contributed by atoms with Crippen LogP contribution in [0.3, 0.4) is 0 Å². The van der Waals surface area contributed by atoms with Crippen LogP contribution < -0.4 is 0 Å². The summed E-state index contributed by atoms with van der Waals surface area (Å²) < 4.78 is 0. The highest BCUT2D eigenvalue weighted by molar-refractivity contribution is 5.79. The van der Waals surface area contributed by atoms with E-state index in [0.717, 1.165) is 19.5 Å². The van der Waals surface area contributed by atoms with Crippen molar-refractivity contribution in [3.8, 4) is 0 Å². The number of benzene rings is 1. The molecule has 1 aromatic rings. The molecule has 1 aliphatic rings. The first kappa shape index (κ1) is 12.2. The van der Waals surface area contributed by atoms with Gasteiger partial charge in [-0.15, -0.1) is 0 Å². The van der Waals surface area contributed by atoms with Crippen molar-refractivity contribution < 1.29 is 4.79 Å². The molecular weight excluding hydrogens is 210 g/mol. The van der Waals surface area contributed by atoms with Crippen LogP contribution in [0.5, 0.6) is 0 Å². The highest BCUT2D eigenvalue weighted by Gasteiger charge is 2.29. The third-order valence-electron chi connectivity index (χ3n) is 3.52. The van der Waals surface area contributed by atoms with Gasteiger partial charge in [0, 0.05) is 25.4 Å². The van der Waals surface area contributed by atoms with Crippen LogP contribution in [0.15, 0.2) is 30.3 Å². The molecule has 2 rings (SSSR count). The third-order valence-corrected chi connectivity index (χ3v) is 3.52. The number of rotatable bonds is 5. The molecule has 0 aromatic heterocycles. The van der Waals surface area contributed by atoms with Gasteiger partial charge in [-0.05, 0) is 12.0 Å². The van der Waals surface area contributed by atoms with E-state index < -0.39 is 0 Å². The van der Waals surface area contributed by atoms with Gasteiger partial charge in [-0.3, -0.25) is 4.79 Å². The molecule has 0 bridgehead atoms. The van der Waals surface area contributed by atoms with Gasteiger partial charge in [0.1, 0.15) is 0 Å². The van der Waals surface area contributed by atoms with Gasteiger partial charge in [-0.25, -0.2) is 0 Å². The topological polar surface area (TPSA) is 20.3 Å². The standard InChI is InChI=1S/C15H21NO/c1-2-3-7-10-16-12-14(11-15(16)17)13-8-5-4-6-9-13/h4-6,8-9,14H,2-3,7,10-12H2,1H3. The van der Waals surface area contributed by atoms with E-state index in [9.17, 15) is 4.79 Å². The summed E-state index contributed by atoms with van der Waals surface area (Å²) in [5.41, 5.74) is 1.30. The molecule has 1 amide bonds. The van der Waals surface area contributed by atoms with E-state index in [2.05, 4.69) is 31.2 Å². The Morgan fingerprint density at radius 2 is 2.00 bits per heavy atom. The number of hydrogen-bond donors (Lipinski definition) is 0. The first-order valence-corrected chi connectivity index (χ1v) is 6.64. The summed E-state index contributed by atoms with van der Waals surface area (Å²) in [5.74, 6) is 0.736. The van der Waals surface area contributed by atoms with Crippen LogP contribution in [0.1, 0.15) is 44.1 Å². The Hall–Kier alpha value is -1.31. The van der Waals surface area contributed by atoms with Crippen molar-refractivity contribution in [2.24, 2.45) is 0 Å². The Morgan fingerprint density at radius 3 is 2.71 bits per heavy atom. The molecule has 1 saturated heterocycles. The average Bonchev–Trinajstić information content (AvgIpc) is 2.73. The Balaban J connectivity index is 1.91. The van der Waals surface area contributed by atoms with Crippen LogP contribution in [-0.2, 0) is 4.79 Å². The monoisotopic (exact) mass is 231 g/mol. The van der Waals surface area contributed by atoms with Gasteiger partial charge in [-0.1, -0.05) is 50.1 Å². The van der Waals surface area contributed by atoms with Crippen molar-refractivity contribution in [3.63, 3.8) is 0 Å². The molecule has 2 nitrogen and oxygen atoms in total. The molecule has 0 aliphatic carbocycles. The second-order valence-corrected chi connectivity index (χ2v) is 4.86. The molecule has 0 N–H and O–H groups in total.